The molecule has 152 valence electrons. The van der Waals surface area contributed by atoms with Gasteiger partial charge in [-0.1, -0.05) is 60.7 Å². The number of benzene rings is 1. The molecule has 2 aromatic rings. The van der Waals surface area contributed by atoms with Crippen molar-refractivity contribution in [1.82, 2.24) is 0 Å². The minimum atomic E-state index is -0.365. The summed E-state index contributed by atoms with van der Waals surface area (Å²) in [6.07, 6.45) is 11.6. The van der Waals surface area contributed by atoms with Crippen molar-refractivity contribution in [1.29, 1.82) is 0 Å². The lowest BCUT2D eigenvalue weighted by Gasteiger charge is -2.27. The van der Waals surface area contributed by atoms with Crippen molar-refractivity contribution in [2.75, 3.05) is 12.4 Å². The minimum absolute atomic E-state index is 0.00633. The van der Waals surface area contributed by atoms with Crippen molar-refractivity contribution in [3.63, 3.8) is 0 Å². The van der Waals surface area contributed by atoms with Gasteiger partial charge in [-0.05, 0) is 37.0 Å². The highest BCUT2D eigenvalue weighted by Crippen LogP contribution is 2.46. The number of Topliss-reactive ketones (excluding diaryl/α,β-unsaturated/α-hetero) is 1. The Bertz CT molecular complexity index is 1100. The van der Waals surface area contributed by atoms with Crippen LogP contribution in [0.5, 0.6) is 0 Å². The molecule has 1 aromatic heterocycles. The quantitative estimate of drug-likeness (QED) is 0.390. The van der Waals surface area contributed by atoms with E-state index in [1.165, 1.54) is 18.4 Å². The van der Waals surface area contributed by atoms with Crippen LogP contribution in [-0.4, -0.2) is 18.9 Å². The Morgan fingerprint density at radius 3 is 2.63 bits per heavy atom. The zero-order valence-corrected chi connectivity index (χ0v) is 17.8. The highest BCUT2D eigenvalue weighted by molar-refractivity contribution is 7.18. The van der Waals surface area contributed by atoms with Gasteiger partial charge >= 0.3 is 5.97 Å². The van der Waals surface area contributed by atoms with Gasteiger partial charge in [0, 0.05) is 17.2 Å². The van der Waals surface area contributed by atoms with Gasteiger partial charge in [0.05, 0.1) is 22.6 Å². The minimum Gasteiger partial charge on any atom is -0.466 e. The number of fused-ring (bicyclic) bond motifs is 1. The zero-order valence-electron chi connectivity index (χ0n) is 17.0. The van der Waals surface area contributed by atoms with Crippen molar-refractivity contribution < 1.29 is 14.3 Å². The average Bonchev–Trinajstić information content (AvgIpc) is 3.15. The Labute approximate surface area is 180 Å². The zero-order chi connectivity index (χ0) is 21.1. The molecule has 1 aliphatic carbocycles. The molecule has 0 fully saturated rings. The molecule has 1 aliphatic heterocycles. The van der Waals surface area contributed by atoms with E-state index in [1.807, 2.05) is 61.5 Å². The lowest BCUT2D eigenvalue weighted by Crippen LogP contribution is -2.22. The van der Waals surface area contributed by atoms with Crippen LogP contribution in [0.25, 0.3) is 0 Å². The van der Waals surface area contributed by atoms with Gasteiger partial charge in [-0.25, -0.2) is 4.79 Å². The molecule has 1 N–H and O–H groups in total. The molecule has 1 atom stereocenters. The lowest BCUT2D eigenvalue weighted by atomic mass is 9.82. The number of ketones is 1. The normalized spacial score (nSPS) is 20.2. The van der Waals surface area contributed by atoms with Crippen LogP contribution in [0.2, 0.25) is 0 Å². The van der Waals surface area contributed by atoms with E-state index in [1.54, 1.807) is 0 Å². The Kier molecular flexibility index (Phi) is 5.81. The van der Waals surface area contributed by atoms with Crippen LogP contribution >= 0.6 is 11.3 Å². The van der Waals surface area contributed by atoms with E-state index in [9.17, 15) is 9.59 Å². The second-order valence-electron chi connectivity index (χ2n) is 7.23. The second-order valence-corrected chi connectivity index (χ2v) is 8.28. The molecule has 0 radical (unpaired) electrons. The summed E-state index contributed by atoms with van der Waals surface area (Å²) in [5.41, 5.74) is 3.94. The Morgan fingerprint density at radius 1 is 1.10 bits per heavy atom. The van der Waals surface area contributed by atoms with Crippen LogP contribution in [0.1, 0.15) is 46.5 Å². The predicted octanol–water partition coefficient (Wildman–Crippen LogP) is 5.77. The van der Waals surface area contributed by atoms with Gasteiger partial charge in [0.15, 0.2) is 0 Å². The van der Waals surface area contributed by atoms with E-state index in [0.29, 0.717) is 16.0 Å². The summed E-state index contributed by atoms with van der Waals surface area (Å²) in [5, 5.41) is 4.22. The molecular formula is C25H23NO3S. The van der Waals surface area contributed by atoms with Crippen molar-refractivity contribution in [3.05, 3.63) is 99.6 Å². The number of esters is 1. The average molecular weight is 418 g/mol. The summed E-state index contributed by atoms with van der Waals surface area (Å²) >= 11 is 1.43. The number of methoxy groups -OCH3 is 1. The SMILES string of the molecule is COC(=O)C1=C(C)Nc2sc(C(=O)C3=CC/C=C\C/C=C\3)cc2C1c1ccccc1. The monoisotopic (exact) mass is 417 g/mol. The summed E-state index contributed by atoms with van der Waals surface area (Å²) in [4.78, 5) is 26.5. The molecule has 2 aliphatic rings. The number of nitrogens with one attached hydrogen (secondary N) is 1. The standard InChI is InChI=1S/C25H23NO3S/c1-16-21(25(28)29-2)22(17-11-9-6-10-12-17)19-15-20(30-24(19)26-16)23(27)18-13-7-4-3-5-8-14-18/h3-4,6,8-15,22,26H,5,7H2,1-2H3/b4-3-,14-8-,18-13?. The number of rotatable bonds is 4. The predicted molar refractivity (Wildman–Crippen MR) is 121 cm³/mol. The third-order valence-corrected chi connectivity index (χ3v) is 6.36. The fraction of sp³-hybridized carbons (Fsp3) is 0.200. The van der Waals surface area contributed by atoms with Gasteiger partial charge in [0.1, 0.15) is 0 Å². The number of hydrogen-bond acceptors (Lipinski definition) is 5. The molecule has 0 spiro atoms. The maximum atomic E-state index is 13.2. The van der Waals surface area contributed by atoms with Gasteiger partial charge in [-0.3, -0.25) is 4.79 Å². The van der Waals surface area contributed by atoms with Crippen molar-refractivity contribution >= 4 is 28.1 Å². The van der Waals surface area contributed by atoms with Gasteiger partial charge < -0.3 is 10.1 Å². The van der Waals surface area contributed by atoms with Crippen molar-refractivity contribution in [2.45, 2.75) is 25.7 Å². The Balaban J connectivity index is 1.78. The number of ether oxygens (including phenoxy) is 1. The van der Waals surface area contributed by atoms with Crippen LogP contribution < -0.4 is 5.32 Å². The third-order valence-electron chi connectivity index (χ3n) is 5.30. The van der Waals surface area contributed by atoms with Crippen LogP contribution in [0.3, 0.4) is 0 Å². The first-order valence-corrected chi connectivity index (χ1v) is 10.7. The van der Waals surface area contributed by atoms with E-state index in [0.717, 1.165) is 34.7 Å². The third kappa shape index (κ3) is 3.81. The maximum absolute atomic E-state index is 13.2. The second kappa shape index (κ2) is 8.67. The molecular weight excluding hydrogens is 394 g/mol. The smallest absolute Gasteiger partial charge is 0.336 e. The Morgan fingerprint density at radius 2 is 1.87 bits per heavy atom. The summed E-state index contributed by atoms with van der Waals surface area (Å²) in [6.45, 7) is 1.87. The van der Waals surface area contributed by atoms with Crippen LogP contribution in [0.4, 0.5) is 5.00 Å². The van der Waals surface area contributed by atoms with Crippen molar-refractivity contribution in [2.24, 2.45) is 0 Å². The number of allylic oxidation sites excluding steroid dienone is 7. The molecule has 4 nitrogen and oxygen atoms in total. The largest absolute Gasteiger partial charge is 0.466 e. The molecule has 1 aromatic carbocycles. The Hall–Kier alpha value is -3.18. The fourth-order valence-corrected chi connectivity index (χ4v) is 4.97. The van der Waals surface area contributed by atoms with Gasteiger partial charge in [0.25, 0.3) is 0 Å². The van der Waals surface area contributed by atoms with E-state index < -0.39 is 0 Å². The lowest BCUT2D eigenvalue weighted by molar-refractivity contribution is -0.136. The number of carbonyl (C=O) groups excluding carboxylic acids is 2. The van der Waals surface area contributed by atoms with Gasteiger partial charge in [-0.2, -0.15) is 0 Å². The van der Waals surface area contributed by atoms with Crippen molar-refractivity contribution in [3.8, 4) is 0 Å². The van der Waals surface area contributed by atoms with Crippen LogP contribution in [0, 0.1) is 0 Å². The number of hydrogen-bond donors (Lipinski definition) is 1. The molecule has 5 heteroatoms. The highest BCUT2D eigenvalue weighted by atomic mass is 32.1. The maximum Gasteiger partial charge on any atom is 0.336 e. The molecule has 2 heterocycles. The first-order valence-electron chi connectivity index (χ1n) is 9.91. The fourth-order valence-electron chi connectivity index (χ4n) is 3.85. The molecule has 0 bridgehead atoms. The van der Waals surface area contributed by atoms with Gasteiger partial charge in [-0.15, -0.1) is 11.3 Å². The molecule has 0 saturated heterocycles. The number of anilines is 1. The van der Waals surface area contributed by atoms with Crippen LogP contribution in [0.15, 0.2) is 83.6 Å². The van der Waals surface area contributed by atoms with Crippen LogP contribution in [-0.2, 0) is 9.53 Å². The summed E-state index contributed by atoms with van der Waals surface area (Å²) in [6, 6.07) is 11.8. The van der Waals surface area contributed by atoms with E-state index in [-0.39, 0.29) is 17.7 Å². The molecule has 0 amide bonds. The van der Waals surface area contributed by atoms with Gasteiger partial charge in [0.2, 0.25) is 5.78 Å². The molecule has 0 saturated carbocycles. The topological polar surface area (TPSA) is 55.4 Å². The molecule has 4 rings (SSSR count). The number of thiophene rings is 1. The van der Waals surface area contributed by atoms with E-state index in [2.05, 4.69) is 17.5 Å². The summed E-state index contributed by atoms with van der Waals surface area (Å²) in [5.74, 6) is -0.639. The first kappa shape index (κ1) is 20.1. The van der Waals surface area contributed by atoms with E-state index in [4.69, 9.17) is 4.74 Å². The molecule has 1 unspecified atom stereocenters. The summed E-state index contributed by atoms with van der Waals surface area (Å²) in [7, 11) is 1.39. The molecule has 30 heavy (non-hydrogen) atoms. The summed E-state index contributed by atoms with van der Waals surface area (Å²) < 4.78 is 5.08. The first-order chi connectivity index (χ1) is 14.6. The van der Waals surface area contributed by atoms with E-state index >= 15 is 0 Å². The highest BCUT2D eigenvalue weighted by Gasteiger charge is 2.35. The number of carbonyl (C=O) groups is 2.